The van der Waals surface area contributed by atoms with Gasteiger partial charge in [-0.15, -0.1) is 0 Å². The van der Waals surface area contributed by atoms with Crippen LogP contribution in [0.1, 0.15) is 6.92 Å². The average molecular weight is 471 g/mol. The highest BCUT2D eigenvalue weighted by Crippen LogP contribution is 2.46. The first kappa shape index (κ1) is 26.1. The Morgan fingerprint density at radius 1 is 0.688 bits per heavy atom. The van der Waals surface area contributed by atoms with Gasteiger partial charge < -0.3 is 70.4 Å². The van der Waals surface area contributed by atoms with E-state index in [1.807, 2.05) is 0 Å². The number of ether oxygens (including phenoxy) is 3. The van der Waals surface area contributed by atoms with Crippen LogP contribution in [0.3, 0.4) is 0 Å². The van der Waals surface area contributed by atoms with E-state index in [0.29, 0.717) is 0 Å². The molecule has 3 rings (SSSR count). The SMILES string of the molecule is C[C@H]1O[C](C2O[C@H](CO)[C@@H](O)[C@H](O)[C@H]2O)[C@](O)([C@H]2O[C@H](CO)[C@@H](O)[C@H](O)[C@H]2O)[C@@H](O)[C@@H]1O. The molecule has 3 aliphatic heterocycles. The zero-order valence-corrected chi connectivity index (χ0v) is 17.1. The molecule has 11 N–H and O–H groups in total. The Morgan fingerprint density at radius 3 is 1.72 bits per heavy atom. The molecule has 14 atom stereocenters. The fraction of sp³-hybridized carbons (Fsp3) is 0.944. The largest absolute Gasteiger partial charge is 0.394 e. The molecule has 1 unspecified atom stereocenters. The number of hydrogen-bond donors (Lipinski definition) is 11. The molecular formula is C18H31O14. The van der Waals surface area contributed by atoms with E-state index in [9.17, 15) is 56.2 Å². The highest BCUT2D eigenvalue weighted by Gasteiger charge is 2.67. The van der Waals surface area contributed by atoms with Crippen LogP contribution in [0.2, 0.25) is 0 Å². The lowest BCUT2D eigenvalue weighted by atomic mass is 9.71. The molecule has 0 aromatic heterocycles. The molecule has 187 valence electrons. The third-order valence-corrected chi connectivity index (χ3v) is 6.44. The Bertz CT molecular complexity index is 635. The van der Waals surface area contributed by atoms with Crippen molar-refractivity contribution in [3.05, 3.63) is 6.10 Å². The summed E-state index contributed by atoms with van der Waals surface area (Å²) in [5, 5.41) is 113. The van der Waals surface area contributed by atoms with Gasteiger partial charge in [-0.25, -0.2) is 0 Å². The predicted octanol–water partition coefficient (Wildman–Crippen LogP) is -6.93. The summed E-state index contributed by atoms with van der Waals surface area (Å²) in [5.74, 6) is 0. The fourth-order valence-electron chi connectivity index (χ4n) is 4.41. The van der Waals surface area contributed by atoms with E-state index in [4.69, 9.17) is 14.2 Å². The van der Waals surface area contributed by atoms with Gasteiger partial charge in [0.1, 0.15) is 73.2 Å². The molecule has 14 nitrogen and oxygen atoms in total. The second-order valence-electron chi connectivity index (χ2n) is 8.45. The highest BCUT2D eigenvalue weighted by molar-refractivity contribution is 5.24. The van der Waals surface area contributed by atoms with E-state index >= 15 is 0 Å². The van der Waals surface area contributed by atoms with Crippen molar-refractivity contribution in [3.63, 3.8) is 0 Å². The Morgan fingerprint density at radius 2 is 1.19 bits per heavy atom. The third-order valence-electron chi connectivity index (χ3n) is 6.44. The lowest BCUT2D eigenvalue weighted by Crippen LogP contribution is -2.77. The van der Waals surface area contributed by atoms with Gasteiger partial charge in [-0.2, -0.15) is 0 Å². The molecule has 1 radical (unpaired) electrons. The van der Waals surface area contributed by atoms with Gasteiger partial charge in [0.05, 0.1) is 19.3 Å². The van der Waals surface area contributed by atoms with E-state index in [1.54, 1.807) is 0 Å². The smallest absolute Gasteiger partial charge is 0.166 e. The molecule has 0 aliphatic carbocycles. The lowest BCUT2D eigenvalue weighted by Gasteiger charge is -2.56. The zero-order valence-electron chi connectivity index (χ0n) is 17.1. The van der Waals surface area contributed by atoms with Crippen LogP contribution in [0.15, 0.2) is 0 Å². The Balaban J connectivity index is 2.05. The second kappa shape index (κ2) is 9.59. The summed E-state index contributed by atoms with van der Waals surface area (Å²) < 4.78 is 16.3. The van der Waals surface area contributed by atoms with Crippen LogP contribution in [0.25, 0.3) is 0 Å². The third kappa shape index (κ3) is 3.97. The zero-order chi connectivity index (χ0) is 24.1. The molecule has 0 saturated carbocycles. The molecule has 3 fully saturated rings. The fourth-order valence-corrected chi connectivity index (χ4v) is 4.41. The van der Waals surface area contributed by atoms with Gasteiger partial charge in [-0.05, 0) is 6.92 Å². The van der Waals surface area contributed by atoms with E-state index in [0.717, 1.165) is 0 Å². The summed E-state index contributed by atoms with van der Waals surface area (Å²) in [5.41, 5.74) is -2.92. The number of rotatable bonds is 4. The predicted molar refractivity (Wildman–Crippen MR) is 98.3 cm³/mol. The van der Waals surface area contributed by atoms with Crippen molar-refractivity contribution in [1.29, 1.82) is 0 Å². The molecule has 0 aromatic rings. The first-order valence-electron chi connectivity index (χ1n) is 10.1. The van der Waals surface area contributed by atoms with Crippen LogP contribution >= 0.6 is 0 Å². The van der Waals surface area contributed by atoms with Crippen LogP contribution < -0.4 is 0 Å². The maximum Gasteiger partial charge on any atom is 0.166 e. The number of aliphatic hydroxyl groups excluding tert-OH is 10. The van der Waals surface area contributed by atoms with Crippen molar-refractivity contribution in [3.8, 4) is 0 Å². The maximum atomic E-state index is 11.6. The van der Waals surface area contributed by atoms with Gasteiger partial charge in [0.2, 0.25) is 0 Å². The Hall–Kier alpha value is -0.560. The normalized spacial score (nSPS) is 55.7. The van der Waals surface area contributed by atoms with Crippen LogP contribution in [0.4, 0.5) is 0 Å². The molecule has 0 spiro atoms. The Kier molecular flexibility index (Phi) is 7.81. The standard InChI is InChI=1S/C18H31O14/c1-4-7(21)15(28)18(29,16-13(27)11(25)9(23)6(3-20)32-16)17(30-4)14-12(26)10(24)8(22)5(2-19)31-14/h4-16,19-29H,2-3H2,1H3/t4-,5-,6-,7-,8-,9-,10+,11+,12-,13-,14?,15+,16+,18-/m1/s1. The van der Waals surface area contributed by atoms with Crippen LogP contribution in [0.5, 0.6) is 0 Å². The van der Waals surface area contributed by atoms with E-state index in [2.05, 4.69) is 0 Å². The number of aliphatic hydroxyl groups is 11. The van der Waals surface area contributed by atoms with Crippen molar-refractivity contribution in [2.24, 2.45) is 0 Å². The molecule has 0 bridgehead atoms. The topological polar surface area (TPSA) is 250 Å². The van der Waals surface area contributed by atoms with Crippen molar-refractivity contribution in [1.82, 2.24) is 0 Å². The summed E-state index contributed by atoms with van der Waals surface area (Å²) in [6, 6.07) is 0. The summed E-state index contributed by atoms with van der Waals surface area (Å²) in [6.45, 7) is -0.374. The summed E-state index contributed by atoms with van der Waals surface area (Å²) in [7, 11) is 0. The van der Waals surface area contributed by atoms with Crippen LogP contribution in [0, 0.1) is 6.10 Å². The second-order valence-corrected chi connectivity index (χ2v) is 8.45. The number of hydrogen-bond acceptors (Lipinski definition) is 14. The van der Waals surface area contributed by atoms with E-state index in [1.165, 1.54) is 6.92 Å². The van der Waals surface area contributed by atoms with Crippen molar-refractivity contribution in [2.45, 2.75) is 91.9 Å². The summed E-state index contributed by atoms with van der Waals surface area (Å²) in [4.78, 5) is 0. The highest BCUT2D eigenvalue weighted by atomic mass is 16.6. The minimum atomic E-state index is -2.92. The molecule has 0 aromatic carbocycles. The van der Waals surface area contributed by atoms with Crippen LogP contribution in [-0.2, 0) is 14.2 Å². The summed E-state index contributed by atoms with van der Waals surface area (Å²) in [6.07, 6.45) is -24.1. The van der Waals surface area contributed by atoms with Gasteiger partial charge in [0, 0.05) is 0 Å². The molecule has 3 heterocycles. The summed E-state index contributed by atoms with van der Waals surface area (Å²) >= 11 is 0. The quantitative estimate of drug-likeness (QED) is 0.182. The first-order chi connectivity index (χ1) is 14.9. The van der Waals surface area contributed by atoms with Gasteiger partial charge in [-0.1, -0.05) is 0 Å². The molecular weight excluding hydrogens is 440 g/mol. The average Bonchev–Trinajstić information content (AvgIpc) is 2.77. The molecule has 3 saturated heterocycles. The lowest BCUT2D eigenvalue weighted by molar-refractivity contribution is -0.336. The van der Waals surface area contributed by atoms with Gasteiger partial charge in [0.15, 0.2) is 11.7 Å². The molecule has 32 heavy (non-hydrogen) atoms. The minimum absolute atomic E-state index is 0.732. The minimum Gasteiger partial charge on any atom is -0.394 e. The monoisotopic (exact) mass is 471 g/mol. The van der Waals surface area contributed by atoms with Gasteiger partial charge >= 0.3 is 0 Å². The first-order valence-corrected chi connectivity index (χ1v) is 10.1. The molecule has 14 heteroatoms. The van der Waals surface area contributed by atoms with Gasteiger partial charge in [-0.3, -0.25) is 0 Å². The van der Waals surface area contributed by atoms with Crippen molar-refractivity contribution < 1.29 is 70.4 Å². The molecule has 3 aliphatic rings. The van der Waals surface area contributed by atoms with E-state index in [-0.39, 0.29) is 0 Å². The van der Waals surface area contributed by atoms with Crippen LogP contribution in [-0.4, -0.2) is 154 Å². The maximum absolute atomic E-state index is 11.6. The van der Waals surface area contributed by atoms with Crippen molar-refractivity contribution in [2.75, 3.05) is 13.2 Å². The van der Waals surface area contributed by atoms with Gasteiger partial charge in [0.25, 0.3) is 0 Å². The van der Waals surface area contributed by atoms with E-state index < -0.39 is 104 Å². The Labute approximate surface area is 182 Å². The van der Waals surface area contributed by atoms with Crippen molar-refractivity contribution >= 4 is 0 Å². The molecule has 0 amide bonds.